The lowest BCUT2D eigenvalue weighted by Gasteiger charge is -2.21. The fourth-order valence-corrected chi connectivity index (χ4v) is 4.03. The van der Waals surface area contributed by atoms with Crippen LogP contribution in [-0.2, 0) is 21.4 Å². The molecule has 1 heterocycles. The Bertz CT molecular complexity index is 963. The fourth-order valence-electron chi connectivity index (χ4n) is 2.93. The molecule has 0 unspecified atom stereocenters. The third-order valence-electron chi connectivity index (χ3n) is 4.37. The molecular weight excluding hydrogens is 404 g/mol. The highest BCUT2D eigenvalue weighted by Gasteiger charge is 2.31. The van der Waals surface area contributed by atoms with E-state index in [0.717, 1.165) is 17.6 Å². The van der Waals surface area contributed by atoms with Gasteiger partial charge in [-0.2, -0.15) is 0 Å². The number of methoxy groups -OCH3 is 1. The summed E-state index contributed by atoms with van der Waals surface area (Å²) in [5.41, 5.74) is 1.24. The molecule has 150 valence electrons. The predicted octanol–water partition coefficient (Wildman–Crippen LogP) is 2.58. The molecule has 0 fully saturated rings. The second-order valence-electron chi connectivity index (χ2n) is 6.41. The maximum absolute atomic E-state index is 12.6. The number of fused-ring (bicyclic) bond motifs is 1. The van der Waals surface area contributed by atoms with Crippen molar-refractivity contribution in [1.82, 2.24) is 5.32 Å². The average Bonchev–Trinajstić information content (AvgIpc) is 2.85. The summed E-state index contributed by atoms with van der Waals surface area (Å²) >= 11 is 6.02. The van der Waals surface area contributed by atoms with E-state index < -0.39 is 16.1 Å². The molecule has 2 aromatic carbocycles. The average molecular weight is 425 g/mol. The van der Waals surface area contributed by atoms with Gasteiger partial charge in [-0.25, -0.2) is 8.42 Å². The molecule has 1 amide bonds. The Kier molecular flexibility index (Phi) is 6.00. The third kappa shape index (κ3) is 4.69. The first-order valence-electron chi connectivity index (χ1n) is 8.62. The van der Waals surface area contributed by atoms with Crippen molar-refractivity contribution in [2.75, 3.05) is 24.2 Å². The molecule has 3 rings (SSSR count). The Balaban J connectivity index is 1.74. The lowest BCUT2D eigenvalue weighted by atomic mass is 10.2. The number of hydrogen-bond acceptors (Lipinski definition) is 5. The summed E-state index contributed by atoms with van der Waals surface area (Å²) in [5.74, 6) is 0.724. The van der Waals surface area contributed by atoms with Crippen molar-refractivity contribution >= 4 is 33.2 Å². The molecule has 28 heavy (non-hydrogen) atoms. The van der Waals surface area contributed by atoms with Gasteiger partial charge in [0.05, 0.1) is 19.1 Å². The Morgan fingerprint density at radius 2 is 2.00 bits per heavy atom. The van der Waals surface area contributed by atoms with E-state index in [2.05, 4.69) is 5.32 Å². The first kappa shape index (κ1) is 20.3. The number of carbonyl (C=O) groups excluding carboxylic acids is 1. The molecule has 0 saturated carbocycles. The predicted molar refractivity (Wildman–Crippen MR) is 108 cm³/mol. The maximum Gasteiger partial charge on any atom is 0.261 e. The van der Waals surface area contributed by atoms with Crippen LogP contribution in [-0.4, -0.2) is 40.3 Å². The van der Waals surface area contributed by atoms with Gasteiger partial charge in [0, 0.05) is 24.5 Å². The first-order valence-corrected chi connectivity index (χ1v) is 10.8. The van der Waals surface area contributed by atoms with Crippen LogP contribution in [0.1, 0.15) is 12.0 Å². The summed E-state index contributed by atoms with van der Waals surface area (Å²) in [4.78, 5) is 12.6. The molecule has 1 N–H and O–H groups in total. The lowest BCUT2D eigenvalue weighted by Crippen LogP contribution is -2.39. The standard InChI is InChI=1S/C19H21ClN2O5S/c1-26-15-6-3-13(4-7-15)12-21-19(23)18-9-10-22(28(2,24)25)16-11-14(20)5-8-17(16)27-18/h3-8,11,18H,9-10,12H2,1-2H3,(H,21,23)/t18-/m1/s1. The number of nitrogens with zero attached hydrogens (tertiary/aromatic N) is 1. The van der Waals surface area contributed by atoms with Gasteiger partial charge in [0.15, 0.2) is 6.10 Å². The van der Waals surface area contributed by atoms with Crippen LogP contribution in [0.4, 0.5) is 5.69 Å². The van der Waals surface area contributed by atoms with Crippen LogP contribution in [0, 0.1) is 0 Å². The van der Waals surface area contributed by atoms with Crippen molar-refractivity contribution in [1.29, 1.82) is 0 Å². The number of hydrogen-bond donors (Lipinski definition) is 1. The van der Waals surface area contributed by atoms with Crippen LogP contribution >= 0.6 is 11.6 Å². The number of sulfonamides is 1. The van der Waals surface area contributed by atoms with Gasteiger partial charge in [-0.15, -0.1) is 0 Å². The fraction of sp³-hybridized carbons (Fsp3) is 0.316. The summed E-state index contributed by atoms with van der Waals surface area (Å²) in [5, 5.41) is 3.22. The van der Waals surface area contributed by atoms with Crippen LogP contribution in [0.2, 0.25) is 5.02 Å². The van der Waals surface area contributed by atoms with E-state index >= 15 is 0 Å². The summed E-state index contributed by atoms with van der Waals surface area (Å²) in [6.07, 6.45) is 0.514. The Hall–Kier alpha value is -2.45. The van der Waals surface area contributed by atoms with E-state index in [9.17, 15) is 13.2 Å². The molecule has 0 aromatic heterocycles. The van der Waals surface area contributed by atoms with Crippen LogP contribution < -0.4 is 19.1 Å². The molecule has 0 aliphatic carbocycles. The highest BCUT2D eigenvalue weighted by Crippen LogP contribution is 2.36. The normalized spacial score (nSPS) is 16.5. The monoisotopic (exact) mass is 424 g/mol. The van der Waals surface area contributed by atoms with Crippen molar-refractivity contribution in [2.45, 2.75) is 19.1 Å². The number of amides is 1. The van der Waals surface area contributed by atoms with Gasteiger partial charge in [-0.1, -0.05) is 23.7 Å². The molecule has 0 spiro atoms. The highest BCUT2D eigenvalue weighted by atomic mass is 35.5. The Labute approximate surface area is 169 Å². The minimum absolute atomic E-state index is 0.118. The zero-order chi connectivity index (χ0) is 20.3. The molecule has 2 aromatic rings. The zero-order valence-corrected chi connectivity index (χ0v) is 17.1. The number of carbonyl (C=O) groups is 1. The molecule has 0 bridgehead atoms. The van der Waals surface area contributed by atoms with Gasteiger partial charge in [-0.05, 0) is 35.9 Å². The van der Waals surface area contributed by atoms with Gasteiger partial charge in [0.1, 0.15) is 11.5 Å². The van der Waals surface area contributed by atoms with Crippen molar-refractivity contribution in [2.24, 2.45) is 0 Å². The van der Waals surface area contributed by atoms with Crippen molar-refractivity contribution < 1.29 is 22.7 Å². The minimum atomic E-state index is -3.54. The smallest absolute Gasteiger partial charge is 0.261 e. The molecule has 0 saturated heterocycles. The SMILES string of the molecule is COc1ccc(CNC(=O)[C@H]2CCN(S(C)(=O)=O)c3cc(Cl)ccc3O2)cc1. The van der Waals surface area contributed by atoms with Gasteiger partial charge in [-0.3, -0.25) is 9.10 Å². The number of halogens is 1. The summed E-state index contributed by atoms with van der Waals surface area (Å²) < 4.78 is 36.5. The first-order chi connectivity index (χ1) is 13.3. The zero-order valence-electron chi connectivity index (χ0n) is 15.5. The van der Waals surface area contributed by atoms with E-state index in [0.29, 0.717) is 23.0 Å². The van der Waals surface area contributed by atoms with E-state index in [-0.39, 0.29) is 18.9 Å². The second-order valence-corrected chi connectivity index (χ2v) is 8.75. The van der Waals surface area contributed by atoms with Crippen LogP contribution in [0.25, 0.3) is 0 Å². The molecular formula is C19H21ClN2O5S. The topological polar surface area (TPSA) is 84.9 Å². The van der Waals surface area contributed by atoms with Crippen molar-refractivity contribution in [3.63, 3.8) is 0 Å². The van der Waals surface area contributed by atoms with Crippen LogP contribution in [0.15, 0.2) is 42.5 Å². The number of nitrogens with one attached hydrogen (secondary N) is 1. The maximum atomic E-state index is 12.6. The number of anilines is 1. The number of benzene rings is 2. The Morgan fingerprint density at radius 1 is 1.29 bits per heavy atom. The summed E-state index contributed by atoms with van der Waals surface area (Å²) in [6, 6.07) is 12.0. The minimum Gasteiger partial charge on any atom is -0.497 e. The van der Waals surface area contributed by atoms with Gasteiger partial charge < -0.3 is 14.8 Å². The summed E-state index contributed by atoms with van der Waals surface area (Å²) in [6.45, 7) is 0.443. The molecule has 1 aliphatic heterocycles. The largest absolute Gasteiger partial charge is 0.497 e. The van der Waals surface area contributed by atoms with Gasteiger partial charge in [0.2, 0.25) is 10.0 Å². The highest BCUT2D eigenvalue weighted by molar-refractivity contribution is 7.92. The van der Waals surface area contributed by atoms with E-state index in [1.54, 1.807) is 19.2 Å². The van der Waals surface area contributed by atoms with Crippen molar-refractivity contribution in [3.8, 4) is 11.5 Å². The quantitative estimate of drug-likeness (QED) is 0.797. The van der Waals surface area contributed by atoms with E-state index in [1.165, 1.54) is 10.4 Å². The van der Waals surface area contributed by atoms with Gasteiger partial charge in [0.25, 0.3) is 5.91 Å². The van der Waals surface area contributed by atoms with Crippen LogP contribution in [0.5, 0.6) is 11.5 Å². The molecule has 1 atom stereocenters. The van der Waals surface area contributed by atoms with Crippen LogP contribution in [0.3, 0.4) is 0 Å². The molecule has 1 aliphatic rings. The molecule has 0 radical (unpaired) electrons. The number of ether oxygens (including phenoxy) is 2. The van der Waals surface area contributed by atoms with E-state index in [4.69, 9.17) is 21.1 Å². The van der Waals surface area contributed by atoms with E-state index in [1.807, 2.05) is 24.3 Å². The molecule has 7 nitrogen and oxygen atoms in total. The Morgan fingerprint density at radius 3 is 2.64 bits per heavy atom. The second kappa shape index (κ2) is 8.28. The lowest BCUT2D eigenvalue weighted by molar-refractivity contribution is -0.128. The van der Waals surface area contributed by atoms with Crippen molar-refractivity contribution in [3.05, 3.63) is 53.1 Å². The van der Waals surface area contributed by atoms with Gasteiger partial charge >= 0.3 is 0 Å². The molecule has 9 heteroatoms. The summed E-state index contributed by atoms with van der Waals surface area (Å²) in [7, 11) is -1.95. The number of rotatable bonds is 5. The third-order valence-corrected chi connectivity index (χ3v) is 5.79.